The molecule has 0 spiro atoms. The number of ether oxygens (including phenoxy) is 1. The number of hydrogen-bond donors (Lipinski definition) is 0. The van der Waals surface area contributed by atoms with Gasteiger partial charge in [-0.1, -0.05) is 44.2 Å². The Labute approximate surface area is 125 Å². The first kappa shape index (κ1) is 15.3. The molecule has 1 fully saturated rings. The molecule has 0 radical (unpaired) electrons. The van der Waals surface area contributed by atoms with Crippen molar-refractivity contribution in [3.63, 3.8) is 0 Å². The van der Waals surface area contributed by atoms with E-state index in [1.54, 1.807) is 4.90 Å². The Bertz CT molecular complexity index is 566. The quantitative estimate of drug-likeness (QED) is 0.870. The van der Waals surface area contributed by atoms with Gasteiger partial charge in [0.05, 0.1) is 19.7 Å². The van der Waals surface area contributed by atoms with Gasteiger partial charge >= 0.3 is 0 Å². The molecule has 1 amide bonds. The first-order valence-electron chi connectivity index (χ1n) is 7.28. The Morgan fingerprint density at radius 3 is 2.67 bits per heavy atom. The van der Waals surface area contributed by atoms with E-state index in [1.807, 2.05) is 49.0 Å². The minimum Gasteiger partial charge on any atom is -0.370 e. The zero-order valence-electron chi connectivity index (χ0n) is 12.5. The number of carbonyl (C=O) groups is 1. The van der Waals surface area contributed by atoms with Crippen LogP contribution in [0.1, 0.15) is 19.4 Å². The van der Waals surface area contributed by atoms with E-state index in [0.29, 0.717) is 25.5 Å². The van der Waals surface area contributed by atoms with Gasteiger partial charge in [0.1, 0.15) is 6.61 Å². The van der Waals surface area contributed by atoms with Gasteiger partial charge in [-0.2, -0.15) is 5.10 Å². The summed E-state index contributed by atoms with van der Waals surface area (Å²) in [5, 5.41) is 4.45. The zero-order chi connectivity index (χ0) is 15.1. The number of carbonyl (C=O) groups excluding carboxylic acids is 1. The molecule has 1 aromatic carbocycles. The van der Waals surface area contributed by atoms with E-state index < -0.39 is 0 Å². The molecule has 5 heteroatoms. The lowest BCUT2D eigenvalue weighted by Crippen LogP contribution is -2.41. The molecule has 2 aromatic rings. The second-order valence-corrected chi connectivity index (χ2v) is 4.46. The molecule has 2 heterocycles. The predicted molar refractivity (Wildman–Crippen MR) is 82.3 cm³/mol. The van der Waals surface area contributed by atoms with Crippen LogP contribution in [0.15, 0.2) is 42.6 Å². The Hall–Kier alpha value is -2.14. The molecule has 0 atom stereocenters. The van der Waals surface area contributed by atoms with Gasteiger partial charge in [0.2, 0.25) is 0 Å². The Morgan fingerprint density at radius 2 is 1.95 bits per heavy atom. The van der Waals surface area contributed by atoms with Crippen molar-refractivity contribution in [1.82, 2.24) is 9.78 Å². The molecule has 0 unspecified atom stereocenters. The van der Waals surface area contributed by atoms with Crippen molar-refractivity contribution in [2.45, 2.75) is 20.4 Å². The molecule has 1 aliphatic rings. The van der Waals surface area contributed by atoms with Crippen LogP contribution in [-0.4, -0.2) is 35.4 Å². The standard InChI is InChI=1S/C14H15N3O2.C2H6/c18-14-11-19-9-8-17(14)13-6-7-16(15-13)10-12-4-2-1-3-5-12;1-2/h1-7H,8-11H2;1-2H3. The number of nitrogens with zero attached hydrogens (tertiary/aromatic N) is 3. The largest absolute Gasteiger partial charge is 0.370 e. The van der Waals surface area contributed by atoms with Gasteiger partial charge in [-0.15, -0.1) is 0 Å². The van der Waals surface area contributed by atoms with E-state index in [0.717, 1.165) is 0 Å². The van der Waals surface area contributed by atoms with E-state index in [9.17, 15) is 4.79 Å². The van der Waals surface area contributed by atoms with Crippen LogP contribution in [0, 0.1) is 0 Å². The average Bonchev–Trinajstić information content (AvgIpc) is 2.99. The van der Waals surface area contributed by atoms with E-state index >= 15 is 0 Å². The number of benzene rings is 1. The highest BCUT2D eigenvalue weighted by Crippen LogP contribution is 2.14. The second kappa shape index (κ2) is 7.59. The van der Waals surface area contributed by atoms with Crippen molar-refractivity contribution < 1.29 is 9.53 Å². The van der Waals surface area contributed by atoms with E-state index in [-0.39, 0.29) is 12.5 Å². The summed E-state index contributed by atoms with van der Waals surface area (Å²) in [6, 6.07) is 12.0. The molecular weight excluding hydrogens is 266 g/mol. The van der Waals surface area contributed by atoms with Crippen molar-refractivity contribution >= 4 is 11.7 Å². The highest BCUT2D eigenvalue weighted by atomic mass is 16.5. The summed E-state index contributed by atoms with van der Waals surface area (Å²) in [5.41, 5.74) is 1.19. The molecule has 1 saturated heterocycles. The maximum absolute atomic E-state index is 11.7. The highest BCUT2D eigenvalue weighted by Gasteiger charge is 2.21. The fraction of sp³-hybridized carbons (Fsp3) is 0.375. The molecule has 1 aromatic heterocycles. The van der Waals surface area contributed by atoms with Gasteiger partial charge in [0.15, 0.2) is 5.82 Å². The number of rotatable bonds is 3. The molecule has 3 rings (SSSR count). The normalized spacial score (nSPS) is 14.6. The Morgan fingerprint density at radius 1 is 1.19 bits per heavy atom. The Balaban J connectivity index is 0.000000774. The van der Waals surface area contributed by atoms with Gasteiger partial charge in [-0.25, -0.2) is 0 Å². The summed E-state index contributed by atoms with van der Waals surface area (Å²) in [7, 11) is 0. The molecule has 21 heavy (non-hydrogen) atoms. The van der Waals surface area contributed by atoms with Gasteiger partial charge in [0.25, 0.3) is 5.91 Å². The third kappa shape index (κ3) is 3.92. The summed E-state index contributed by atoms with van der Waals surface area (Å²) < 4.78 is 6.95. The number of amides is 1. The van der Waals surface area contributed by atoms with Gasteiger partial charge < -0.3 is 4.74 Å². The van der Waals surface area contributed by atoms with Gasteiger partial charge in [-0.3, -0.25) is 14.4 Å². The lowest BCUT2D eigenvalue weighted by molar-refractivity contribution is -0.125. The molecule has 0 bridgehead atoms. The third-order valence-corrected chi connectivity index (χ3v) is 3.08. The topological polar surface area (TPSA) is 47.4 Å². The van der Waals surface area contributed by atoms with Crippen LogP contribution in [0.4, 0.5) is 5.82 Å². The summed E-state index contributed by atoms with van der Waals surface area (Å²) in [6.07, 6.45) is 1.89. The molecule has 112 valence electrons. The number of anilines is 1. The lowest BCUT2D eigenvalue weighted by atomic mass is 10.2. The molecular formula is C16H21N3O2. The van der Waals surface area contributed by atoms with Crippen LogP contribution in [0.5, 0.6) is 0 Å². The van der Waals surface area contributed by atoms with Crippen LogP contribution in [0.25, 0.3) is 0 Å². The minimum atomic E-state index is -0.0313. The van der Waals surface area contributed by atoms with Gasteiger partial charge in [-0.05, 0) is 5.56 Å². The number of hydrogen-bond acceptors (Lipinski definition) is 3. The predicted octanol–water partition coefficient (Wildman–Crippen LogP) is 2.32. The van der Waals surface area contributed by atoms with Gasteiger partial charge in [0, 0.05) is 12.3 Å². The van der Waals surface area contributed by atoms with Crippen LogP contribution in [0.2, 0.25) is 0 Å². The fourth-order valence-electron chi connectivity index (χ4n) is 2.11. The summed E-state index contributed by atoms with van der Waals surface area (Å²) in [6.45, 7) is 5.99. The SMILES string of the molecule is CC.O=C1COCCN1c1ccn(Cc2ccccc2)n1. The van der Waals surface area contributed by atoms with E-state index in [2.05, 4.69) is 17.2 Å². The summed E-state index contributed by atoms with van der Waals surface area (Å²) >= 11 is 0. The fourth-order valence-corrected chi connectivity index (χ4v) is 2.11. The molecule has 0 N–H and O–H groups in total. The monoisotopic (exact) mass is 287 g/mol. The van der Waals surface area contributed by atoms with Crippen LogP contribution < -0.4 is 4.90 Å². The number of morpholine rings is 1. The first-order valence-corrected chi connectivity index (χ1v) is 7.28. The van der Waals surface area contributed by atoms with Crippen molar-refractivity contribution in [1.29, 1.82) is 0 Å². The number of aromatic nitrogens is 2. The Kier molecular flexibility index (Phi) is 5.51. The summed E-state index contributed by atoms with van der Waals surface area (Å²) in [4.78, 5) is 13.4. The summed E-state index contributed by atoms with van der Waals surface area (Å²) in [5.74, 6) is 0.667. The van der Waals surface area contributed by atoms with E-state index in [1.165, 1.54) is 5.56 Å². The molecule has 5 nitrogen and oxygen atoms in total. The zero-order valence-corrected chi connectivity index (χ0v) is 12.5. The maximum atomic E-state index is 11.7. The van der Waals surface area contributed by atoms with Crippen molar-refractivity contribution in [2.24, 2.45) is 0 Å². The van der Waals surface area contributed by atoms with E-state index in [4.69, 9.17) is 4.74 Å². The third-order valence-electron chi connectivity index (χ3n) is 3.08. The van der Waals surface area contributed by atoms with Crippen LogP contribution in [-0.2, 0) is 16.1 Å². The van der Waals surface area contributed by atoms with Crippen molar-refractivity contribution in [2.75, 3.05) is 24.7 Å². The minimum absolute atomic E-state index is 0.0313. The maximum Gasteiger partial charge on any atom is 0.254 e. The van der Waals surface area contributed by atoms with Crippen LogP contribution >= 0.6 is 0 Å². The highest BCUT2D eigenvalue weighted by molar-refractivity contribution is 5.93. The lowest BCUT2D eigenvalue weighted by Gasteiger charge is -2.24. The second-order valence-electron chi connectivity index (χ2n) is 4.46. The van der Waals surface area contributed by atoms with Crippen molar-refractivity contribution in [3.05, 3.63) is 48.2 Å². The first-order chi connectivity index (χ1) is 10.3. The average molecular weight is 287 g/mol. The molecule has 1 aliphatic heterocycles. The van der Waals surface area contributed by atoms with Crippen molar-refractivity contribution in [3.8, 4) is 0 Å². The van der Waals surface area contributed by atoms with Crippen LogP contribution in [0.3, 0.4) is 0 Å². The molecule has 0 aliphatic carbocycles. The smallest absolute Gasteiger partial charge is 0.254 e. The molecule has 0 saturated carbocycles.